The van der Waals surface area contributed by atoms with E-state index < -0.39 is 0 Å². The summed E-state index contributed by atoms with van der Waals surface area (Å²) < 4.78 is 18.6. The first-order chi connectivity index (χ1) is 10.2. The average molecular weight is 289 g/mol. The van der Waals surface area contributed by atoms with E-state index in [1.165, 1.54) is 5.56 Å². The van der Waals surface area contributed by atoms with Gasteiger partial charge in [-0.15, -0.1) is 0 Å². The van der Waals surface area contributed by atoms with Crippen LogP contribution in [-0.4, -0.2) is 12.6 Å². The number of furan rings is 1. The molecule has 0 radical (unpaired) electrons. The minimum atomic E-state index is -0.162. The first-order valence-corrected chi connectivity index (χ1v) is 7.70. The fraction of sp³-hybridized carbons (Fsp3) is 0.444. The topological polar surface area (TPSA) is 25.2 Å². The van der Waals surface area contributed by atoms with Crippen LogP contribution in [0.2, 0.25) is 0 Å². The maximum Gasteiger partial charge on any atom is 0.123 e. The SMILES string of the molecule is CCCNC(CCc1ccco1)Cc1ccc(F)cc1C. The first kappa shape index (κ1) is 15.8. The van der Waals surface area contributed by atoms with Crippen LogP contribution in [0.3, 0.4) is 0 Å². The third-order valence-corrected chi connectivity index (χ3v) is 3.77. The van der Waals surface area contributed by atoms with Gasteiger partial charge in [-0.3, -0.25) is 0 Å². The Morgan fingerprint density at radius 3 is 2.81 bits per heavy atom. The third-order valence-electron chi connectivity index (χ3n) is 3.77. The lowest BCUT2D eigenvalue weighted by Gasteiger charge is -2.19. The lowest BCUT2D eigenvalue weighted by atomic mass is 9.97. The van der Waals surface area contributed by atoms with Crippen molar-refractivity contribution in [2.24, 2.45) is 0 Å². The molecule has 0 amide bonds. The van der Waals surface area contributed by atoms with Crippen molar-refractivity contribution in [1.29, 1.82) is 0 Å². The fourth-order valence-corrected chi connectivity index (χ4v) is 2.55. The largest absolute Gasteiger partial charge is 0.469 e. The highest BCUT2D eigenvalue weighted by atomic mass is 19.1. The summed E-state index contributed by atoms with van der Waals surface area (Å²) in [5.74, 6) is 0.860. The van der Waals surface area contributed by atoms with E-state index in [2.05, 4.69) is 12.2 Å². The molecule has 1 heterocycles. The molecule has 1 aromatic heterocycles. The molecule has 3 heteroatoms. The lowest BCUT2D eigenvalue weighted by molar-refractivity contribution is 0.440. The van der Waals surface area contributed by atoms with E-state index in [0.29, 0.717) is 6.04 Å². The van der Waals surface area contributed by atoms with E-state index in [-0.39, 0.29) is 5.82 Å². The van der Waals surface area contributed by atoms with Crippen molar-refractivity contribution >= 4 is 0 Å². The van der Waals surface area contributed by atoms with Gasteiger partial charge in [0.15, 0.2) is 0 Å². The van der Waals surface area contributed by atoms with Crippen molar-refractivity contribution in [3.05, 3.63) is 59.3 Å². The molecule has 0 aliphatic rings. The smallest absolute Gasteiger partial charge is 0.123 e. The highest BCUT2D eigenvalue weighted by Gasteiger charge is 2.12. The number of hydrogen-bond donors (Lipinski definition) is 1. The Labute approximate surface area is 126 Å². The summed E-state index contributed by atoms with van der Waals surface area (Å²) in [6, 6.07) is 9.38. The third kappa shape index (κ3) is 5.01. The van der Waals surface area contributed by atoms with Crippen molar-refractivity contribution in [3.63, 3.8) is 0 Å². The molecule has 0 saturated heterocycles. The van der Waals surface area contributed by atoms with Crippen LogP contribution in [0.1, 0.15) is 36.7 Å². The highest BCUT2D eigenvalue weighted by Crippen LogP contribution is 2.15. The van der Waals surface area contributed by atoms with Crippen LogP contribution in [-0.2, 0) is 12.8 Å². The molecule has 0 spiro atoms. The second-order valence-corrected chi connectivity index (χ2v) is 5.54. The van der Waals surface area contributed by atoms with Crippen molar-refractivity contribution in [2.75, 3.05) is 6.54 Å². The molecule has 2 aromatic rings. The van der Waals surface area contributed by atoms with Crippen LogP contribution in [0.15, 0.2) is 41.0 Å². The molecule has 0 fully saturated rings. The van der Waals surface area contributed by atoms with Crippen LogP contribution in [0.25, 0.3) is 0 Å². The molecule has 0 aliphatic carbocycles. The van der Waals surface area contributed by atoms with E-state index in [4.69, 9.17) is 4.42 Å². The molecule has 1 N–H and O–H groups in total. The zero-order chi connectivity index (χ0) is 15.1. The molecule has 1 atom stereocenters. The number of halogens is 1. The number of nitrogens with one attached hydrogen (secondary N) is 1. The number of hydrogen-bond acceptors (Lipinski definition) is 2. The molecule has 0 saturated carbocycles. The highest BCUT2D eigenvalue weighted by molar-refractivity contribution is 5.27. The summed E-state index contributed by atoms with van der Waals surface area (Å²) in [6.45, 7) is 5.14. The van der Waals surface area contributed by atoms with Crippen LogP contribution < -0.4 is 5.32 Å². The molecule has 21 heavy (non-hydrogen) atoms. The van der Waals surface area contributed by atoms with E-state index in [9.17, 15) is 4.39 Å². The Bertz CT molecular complexity index is 536. The Morgan fingerprint density at radius 2 is 2.14 bits per heavy atom. The van der Waals surface area contributed by atoms with E-state index in [0.717, 1.165) is 43.6 Å². The molecule has 0 aliphatic heterocycles. The predicted molar refractivity (Wildman–Crippen MR) is 84.0 cm³/mol. The molecule has 1 aromatic carbocycles. The molecule has 0 bridgehead atoms. The van der Waals surface area contributed by atoms with Gasteiger partial charge in [0, 0.05) is 12.5 Å². The van der Waals surface area contributed by atoms with E-state index in [1.54, 1.807) is 18.4 Å². The number of benzene rings is 1. The van der Waals surface area contributed by atoms with Gasteiger partial charge in [0.25, 0.3) is 0 Å². The summed E-state index contributed by atoms with van der Waals surface area (Å²) in [7, 11) is 0. The summed E-state index contributed by atoms with van der Waals surface area (Å²) >= 11 is 0. The Morgan fingerprint density at radius 1 is 1.29 bits per heavy atom. The molecular weight excluding hydrogens is 265 g/mol. The Kier molecular flexibility index (Phi) is 6.00. The minimum absolute atomic E-state index is 0.162. The Balaban J connectivity index is 1.97. The maximum atomic E-state index is 13.2. The Hall–Kier alpha value is -1.61. The van der Waals surface area contributed by atoms with Gasteiger partial charge >= 0.3 is 0 Å². The standard InChI is InChI=1S/C18H24FNO/c1-3-10-20-17(8-9-18-5-4-11-21-18)13-15-6-7-16(19)12-14(15)2/h4-7,11-12,17,20H,3,8-10,13H2,1-2H3. The van der Waals surface area contributed by atoms with Gasteiger partial charge < -0.3 is 9.73 Å². The quantitative estimate of drug-likeness (QED) is 0.785. The minimum Gasteiger partial charge on any atom is -0.469 e. The van der Waals surface area contributed by atoms with Gasteiger partial charge in [-0.1, -0.05) is 13.0 Å². The van der Waals surface area contributed by atoms with Gasteiger partial charge in [-0.25, -0.2) is 4.39 Å². The van der Waals surface area contributed by atoms with E-state index >= 15 is 0 Å². The van der Waals surface area contributed by atoms with Crippen molar-refractivity contribution in [2.45, 2.75) is 45.6 Å². The summed E-state index contributed by atoms with van der Waals surface area (Å²) in [4.78, 5) is 0. The molecule has 1 unspecified atom stereocenters. The van der Waals surface area contributed by atoms with Gasteiger partial charge in [0.2, 0.25) is 0 Å². The first-order valence-electron chi connectivity index (χ1n) is 7.70. The van der Waals surface area contributed by atoms with Crippen LogP contribution in [0.5, 0.6) is 0 Å². The van der Waals surface area contributed by atoms with E-state index in [1.807, 2.05) is 25.1 Å². The second-order valence-electron chi connectivity index (χ2n) is 5.54. The monoisotopic (exact) mass is 289 g/mol. The van der Waals surface area contributed by atoms with Gasteiger partial charge in [-0.2, -0.15) is 0 Å². The fourth-order valence-electron chi connectivity index (χ4n) is 2.55. The summed E-state index contributed by atoms with van der Waals surface area (Å²) in [6.07, 6.45) is 5.69. The van der Waals surface area contributed by atoms with Crippen molar-refractivity contribution in [3.8, 4) is 0 Å². The second kappa shape index (κ2) is 7.99. The van der Waals surface area contributed by atoms with Crippen molar-refractivity contribution < 1.29 is 8.81 Å². The summed E-state index contributed by atoms with van der Waals surface area (Å²) in [5, 5.41) is 3.59. The number of rotatable bonds is 8. The van der Waals surface area contributed by atoms with Gasteiger partial charge in [0.05, 0.1) is 6.26 Å². The number of aryl methyl sites for hydroxylation is 2. The molecule has 2 rings (SSSR count). The van der Waals surface area contributed by atoms with Gasteiger partial charge in [-0.05, 0) is 68.1 Å². The zero-order valence-electron chi connectivity index (χ0n) is 12.9. The normalized spacial score (nSPS) is 12.5. The van der Waals surface area contributed by atoms with Crippen LogP contribution in [0, 0.1) is 12.7 Å². The van der Waals surface area contributed by atoms with Crippen LogP contribution >= 0.6 is 0 Å². The predicted octanol–water partition coefficient (Wildman–Crippen LogP) is 4.27. The molecular formula is C18H24FNO. The molecule has 2 nitrogen and oxygen atoms in total. The van der Waals surface area contributed by atoms with Crippen molar-refractivity contribution in [1.82, 2.24) is 5.32 Å². The summed E-state index contributed by atoms with van der Waals surface area (Å²) in [5.41, 5.74) is 2.24. The molecule has 114 valence electrons. The average Bonchev–Trinajstić information content (AvgIpc) is 2.97. The van der Waals surface area contributed by atoms with Crippen LogP contribution in [0.4, 0.5) is 4.39 Å². The zero-order valence-corrected chi connectivity index (χ0v) is 12.9. The lowest BCUT2D eigenvalue weighted by Crippen LogP contribution is -2.32. The van der Waals surface area contributed by atoms with Gasteiger partial charge in [0.1, 0.15) is 11.6 Å². The maximum absolute atomic E-state index is 13.2.